The predicted molar refractivity (Wildman–Crippen MR) is 62.3 cm³/mol. The second-order valence-corrected chi connectivity index (χ2v) is 5.66. The average molecular weight is 251 g/mol. The van der Waals surface area contributed by atoms with E-state index in [1.807, 2.05) is 6.26 Å². The van der Waals surface area contributed by atoms with Crippen LogP contribution in [0.25, 0.3) is 0 Å². The molecule has 0 saturated heterocycles. The Labute approximate surface area is 96.0 Å². The number of nitrogens with two attached hydrogens (primary N) is 1. The maximum atomic E-state index is 5.29. The fourth-order valence-corrected chi connectivity index (χ4v) is 3.07. The molecule has 7 heteroatoms. The van der Waals surface area contributed by atoms with Crippen molar-refractivity contribution < 1.29 is 4.74 Å². The monoisotopic (exact) mass is 251 g/mol. The third-order valence-corrected chi connectivity index (χ3v) is 4.27. The van der Waals surface area contributed by atoms with E-state index >= 15 is 0 Å². The van der Waals surface area contributed by atoms with E-state index < -0.39 is 0 Å². The summed E-state index contributed by atoms with van der Waals surface area (Å²) in [7, 11) is 0. The lowest BCUT2D eigenvalue weighted by atomic mass is 10.7. The molecule has 0 radical (unpaired) electrons. The molecule has 1 heterocycles. The van der Waals surface area contributed by atoms with Gasteiger partial charge >= 0.3 is 0 Å². The standard InChI is InChI=1S/C7H13N3OS3/c1-12-6-9-10-7(14-6)13-5-4-11-3-2-8/h2-5,8H2,1H3. The number of aromatic nitrogens is 2. The van der Waals surface area contributed by atoms with Crippen LogP contribution >= 0.6 is 34.9 Å². The maximum absolute atomic E-state index is 5.29. The molecule has 0 aliphatic heterocycles. The normalized spacial score (nSPS) is 10.7. The highest BCUT2D eigenvalue weighted by molar-refractivity contribution is 8.02. The minimum absolute atomic E-state index is 0.583. The van der Waals surface area contributed by atoms with E-state index in [9.17, 15) is 0 Å². The summed E-state index contributed by atoms with van der Waals surface area (Å²) in [4.78, 5) is 0. The van der Waals surface area contributed by atoms with Crippen LogP contribution < -0.4 is 5.73 Å². The Morgan fingerprint density at radius 3 is 2.79 bits per heavy atom. The zero-order chi connectivity index (χ0) is 10.2. The second kappa shape index (κ2) is 7.47. The first-order valence-corrected chi connectivity index (χ1v) is 7.17. The van der Waals surface area contributed by atoms with Crippen LogP contribution in [0, 0.1) is 0 Å². The molecule has 0 aliphatic carbocycles. The zero-order valence-electron chi connectivity index (χ0n) is 7.93. The summed E-state index contributed by atoms with van der Waals surface area (Å²) in [6.45, 7) is 1.93. The lowest BCUT2D eigenvalue weighted by molar-refractivity contribution is 0.158. The van der Waals surface area contributed by atoms with Crippen molar-refractivity contribution in [3.8, 4) is 0 Å². The first-order valence-electron chi connectivity index (χ1n) is 4.15. The first kappa shape index (κ1) is 12.3. The molecule has 0 unspecified atom stereocenters. The molecule has 1 aromatic rings. The fraction of sp³-hybridized carbons (Fsp3) is 0.714. The van der Waals surface area contributed by atoms with E-state index in [1.54, 1.807) is 34.9 Å². The highest BCUT2D eigenvalue weighted by Crippen LogP contribution is 2.26. The third kappa shape index (κ3) is 4.61. The van der Waals surface area contributed by atoms with Gasteiger partial charge in [-0.05, 0) is 6.26 Å². The summed E-state index contributed by atoms with van der Waals surface area (Å²) in [5.74, 6) is 0.906. The lowest BCUT2D eigenvalue weighted by Gasteiger charge is -1.99. The molecule has 0 saturated carbocycles. The van der Waals surface area contributed by atoms with Crippen molar-refractivity contribution >= 4 is 34.9 Å². The van der Waals surface area contributed by atoms with Crippen LogP contribution in [-0.4, -0.2) is 42.0 Å². The van der Waals surface area contributed by atoms with Crippen molar-refractivity contribution in [3.63, 3.8) is 0 Å². The van der Waals surface area contributed by atoms with E-state index in [0.29, 0.717) is 13.2 Å². The summed E-state index contributed by atoms with van der Waals surface area (Å²) in [6, 6.07) is 0. The molecular formula is C7H13N3OS3. The molecule has 0 spiro atoms. The van der Waals surface area contributed by atoms with Crippen LogP contribution in [0.15, 0.2) is 8.68 Å². The number of hydrogen-bond donors (Lipinski definition) is 1. The van der Waals surface area contributed by atoms with Crippen molar-refractivity contribution in [2.45, 2.75) is 8.68 Å². The van der Waals surface area contributed by atoms with Crippen LogP contribution in [0.2, 0.25) is 0 Å². The van der Waals surface area contributed by atoms with E-state index in [1.165, 1.54) is 0 Å². The third-order valence-electron chi connectivity index (χ3n) is 1.28. The Hall–Kier alpha value is 0.180. The molecule has 80 valence electrons. The van der Waals surface area contributed by atoms with Gasteiger partial charge in [-0.2, -0.15) is 0 Å². The van der Waals surface area contributed by atoms with Gasteiger partial charge in [0.2, 0.25) is 0 Å². The van der Waals surface area contributed by atoms with Gasteiger partial charge in [-0.25, -0.2) is 0 Å². The molecule has 0 fully saturated rings. The highest BCUT2D eigenvalue weighted by Gasteiger charge is 2.02. The SMILES string of the molecule is CSc1nnc(SCCOCCN)s1. The Morgan fingerprint density at radius 2 is 2.14 bits per heavy atom. The summed E-state index contributed by atoms with van der Waals surface area (Å²) in [5, 5.41) is 8.03. The van der Waals surface area contributed by atoms with Crippen LogP contribution in [0.3, 0.4) is 0 Å². The molecule has 1 aromatic heterocycles. The van der Waals surface area contributed by atoms with Gasteiger partial charge in [0.05, 0.1) is 13.2 Å². The molecule has 0 aliphatic rings. The number of ether oxygens (including phenoxy) is 1. The molecule has 14 heavy (non-hydrogen) atoms. The minimum atomic E-state index is 0.583. The van der Waals surface area contributed by atoms with Crippen LogP contribution in [0.1, 0.15) is 0 Å². The van der Waals surface area contributed by atoms with Crippen LogP contribution in [0.4, 0.5) is 0 Å². The quantitative estimate of drug-likeness (QED) is 0.583. The molecule has 2 N–H and O–H groups in total. The van der Waals surface area contributed by atoms with E-state index in [-0.39, 0.29) is 0 Å². The molecule has 1 rings (SSSR count). The number of hydrogen-bond acceptors (Lipinski definition) is 7. The molecule has 0 aromatic carbocycles. The summed E-state index contributed by atoms with van der Waals surface area (Å²) in [6.07, 6.45) is 2.00. The first-order chi connectivity index (χ1) is 6.86. The Balaban J connectivity index is 2.12. The smallest absolute Gasteiger partial charge is 0.175 e. The van der Waals surface area contributed by atoms with Gasteiger partial charge in [0.15, 0.2) is 8.68 Å². The van der Waals surface area contributed by atoms with Crippen molar-refractivity contribution in [1.82, 2.24) is 10.2 Å². The largest absolute Gasteiger partial charge is 0.379 e. The lowest BCUT2D eigenvalue weighted by Crippen LogP contribution is -2.09. The Bertz CT molecular complexity index is 256. The summed E-state index contributed by atoms with van der Waals surface area (Å²) in [5.41, 5.74) is 5.29. The van der Waals surface area contributed by atoms with E-state index in [4.69, 9.17) is 10.5 Å². The molecule has 0 amide bonds. The van der Waals surface area contributed by atoms with Gasteiger partial charge in [0.1, 0.15) is 0 Å². The van der Waals surface area contributed by atoms with Crippen molar-refractivity contribution in [2.24, 2.45) is 5.73 Å². The Morgan fingerprint density at radius 1 is 1.36 bits per heavy atom. The topological polar surface area (TPSA) is 61.0 Å². The molecule has 0 atom stereocenters. The summed E-state index contributed by atoms with van der Waals surface area (Å²) < 4.78 is 7.26. The van der Waals surface area contributed by atoms with Gasteiger partial charge in [-0.15, -0.1) is 10.2 Å². The number of nitrogens with zero attached hydrogens (tertiary/aromatic N) is 2. The van der Waals surface area contributed by atoms with E-state index in [0.717, 1.165) is 21.0 Å². The van der Waals surface area contributed by atoms with Gasteiger partial charge in [-0.1, -0.05) is 34.9 Å². The van der Waals surface area contributed by atoms with Crippen molar-refractivity contribution in [1.29, 1.82) is 0 Å². The Kier molecular flexibility index (Phi) is 6.54. The fourth-order valence-electron chi connectivity index (χ4n) is 0.711. The van der Waals surface area contributed by atoms with Gasteiger partial charge in [0, 0.05) is 12.3 Å². The van der Waals surface area contributed by atoms with Crippen LogP contribution in [-0.2, 0) is 4.74 Å². The molecule has 0 bridgehead atoms. The minimum Gasteiger partial charge on any atom is -0.379 e. The average Bonchev–Trinajstić information content (AvgIpc) is 2.65. The van der Waals surface area contributed by atoms with Crippen molar-refractivity contribution in [2.75, 3.05) is 31.8 Å². The van der Waals surface area contributed by atoms with Gasteiger partial charge < -0.3 is 10.5 Å². The molecule has 4 nitrogen and oxygen atoms in total. The maximum Gasteiger partial charge on any atom is 0.175 e. The second-order valence-electron chi connectivity index (χ2n) is 2.29. The number of rotatable bonds is 7. The van der Waals surface area contributed by atoms with Gasteiger partial charge in [0.25, 0.3) is 0 Å². The zero-order valence-corrected chi connectivity index (χ0v) is 10.4. The number of thioether (sulfide) groups is 2. The van der Waals surface area contributed by atoms with E-state index in [2.05, 4.69) is 10.2 Å². The summed E-state index contributed by atoms with van der Waals surface area (Å²) >= 11 is 4.91. The molecular weight excluding hydrogens is 238 g/mol. The van der Waals surface area contributed by atoms with Crippen molar-refractivity contribution in [3.05, 3.63) is 0 Å². The van der Waals surface area contributed by atoms with Gasteiger partial charge in [-0.3, -0.25) is 0 Å². The predicted octanol–water partition coefficient (Wildman–Crippen LogP) is 1.33. The van der Waals surface area contributed by atoms with Crippen LogP contribution in [0.5, 0.6) is 0 Å². The highest BCUT2D eigenvalue weighted by atomic mass is 32.2.